The quantitative estimate of drug-likeness (QED) is 0.650. The third-order valence-electron chi connectivity index (χ3n) is 3.66. The maximum Gasteiger partial charge on any atom is 0.233 e. The number of furan rings is 1. The van der Waals surface area contributed by atoms with E-state index < -0.39 is 0 Å². The van der Waals surface area contributed by atoms with Gasteiger partial charge in [-0.25, -0.2) is 4.98 Å². The largest absolute Gasteiger partial charge is 0.467 e. The summed E-state index contributed by atoms with van der Waals surface area (Å²) in [5.74, 6) is 1.20. The zero-order valence-corrected chi connectivity index (χ0v) is 14.0. The molecule has 0 saturated heterocycles. The van der Waals surface area contributed by atoms with Crippen LogP contribution >= 0.6 is 11.8 Å². The second kappa shape index (κ2) is 6.91. The number of amides is 1. The molecule has 0 N–H and O–H groups in total. The molecule has 0 bridgehead atoms. The number of benzene rings is 1. The average molecular weight is 329 g/mol. The first-order valence-corrected chi connectivity index (χ1v) is 8.52. The third kappa shape index (κ3) is 3.42. The number of carbonyl (C=O) groups excluding carboxylic acids is 1. The lowest BCUT2D eigenvalue weighted by molar-refractivity contribution is -0.127. The van der Waals surface area contributed by atoms with Gasteiger partial charge in [0.15, 0.2) is 5.16 Å². The zero-order valence-electron chi connectivity index (χ0n) is 13.2. The summed E-state index contributed by atoms with van der Waals surface area (Å²) in [6, 6.07) is 11.7. The summed E-state index contributed by atoms with van der Waals surface area (Å²) in [6.45, 7) is 3.40. The van der Waals surface area contributed by atoms with E-state index >= 15 is 0 Å². The molecule has 5 nitrogen and oxygen atoms in total. The van der Waals surface area contributed by atoms with Gasteiger partial charge in [-0.15, -0.1) is 0 Å². The van der Waals surface area contributed by atoms with Gasteiger partial charge in [0.05, 0.1) is 29.6 Å². The van der Waals surface area contributed by atoms with E-state index in [0.29, 0.717) is 12.3 Å². The number of para-hydroxylation sites is 2. The number of hydrogen-bond donors (Lipinski definition) is 0. The Hall–Kier alpha value is -2.21. The lowest BCUT2D eigenvalue weighted by Gasteiger charge is -2.15. The maximum absolute atomic E-state index is 12.3. The summed E-state index contributed by atoms with van der Waals surface area (Å²) in [5, 5.41) is 0.883. The summed E-state index contributed by atoms with van der Waals surface area (Å²) < 4.78 is 7.42. The fraction of sp³-hybridized carbons (Fsp3) is 0.294. The number of aromatic nitrogens is 2. The summed E-state index contributed by atoms with van der Waals surface area (Å²) in [7, 11) is 1.79. The zero-order chi connectivity index (χ0) is 16.2. The number of nitrogens with zero attached hydrogens (tertiary/aromatic N) is 3. The number of hydrogen-bond acceptors (Lipinski definition) is 4. The van der Waals surface area contributed by atoms with Crippen LogP contribution in [0, 0.1) is 0 Å². The number of imidazole rings is 1. The van der Waals surface area contributed by atoms with Gasteiger partial charge in [-0.05, 0) is 31.2 Å². The normalized spacial score (nSPS) is 11.0. The number of thioether (sulfide) groups is 1. The van der Waals surface area contributed by atoms with E-state index in [2.05, 4.69) is 22.5 Å². The fourth-order valence-electron chi connectivity index (χ4n) is 2.43. The molecule has 6 heteroatoms. The topological polar surface area (TPSA) is 51.3 Å². The lowest BCUT2D eigenvalue weighted by Crippen LogP contribution is -2.27. The highest BCUT2D eigenvalue weighted by Gasteiger charge is 2.15. The molecule has 0 fully saturated rings. The Kier molecular flexibility index (Phi) is 4.71. The Morgan fingerprint density at radius 3 is 2.87 bits per heavy atom. The molecule has 120 valence electrons. The van der Waals surface area contributed by atoms with Gasteiger partial charge in [-0.1, -0.05) is 23.9 Å². The SMILES string of the molecule is CCn1c(SCC(=O)N(C)Cc2ccco2)nc2ccccc21. The molecule has 0 aliphatic rings. The first-order valence-electron chi connectivity index (χ1n) is 7.53. The van der Waals surface area contributed by atoms with E-state index in [0.717, 1.165) is 28.5 Å². The van der Waals surface area contributed by atoms with Crippen molar-refractivity contribution in [2.24, 2.45) is 0 Å². The highest BCUT2D eigenvalue weighted by Crippen LogP contribution is 2.24. The maximum atomic E-state index is 12.3. The molecule has 0 unspecified atom stereocenters. The Morgan fingerprint density at radius 1 is 1.30 bits per heavy atom. The van der Waals surface area contributed by atoms with E-state index in [-0.39, 0.29) is 5.91 Å². The number of carbonyl (C=O) groups is 1. The predicted octanol–water partition coefficient (Wildman–Crippen LogP) is 3.40. The minimum atomic E-state index is 0.0566. The summed E-state index contributed by atoms with van der Waals surface area (Å²) in [4.78, 5) is 18.6. The van der Waals surface area contributed by atoms with Gasteiger partial charge in [0.2, 0.25) is 5.91 Å². The van der Waals surface area contributed by atoms with E-state index in [9.17, 15) is 4.79 Å². The van der Waals surface area contributed by atoms with Crippen molar-refractivity contribution in [1.82, 2.24) is 14.5 Å². The molecule has 0 atom stereocenters. The Labute approximate surface area is 139 Å². The molecule has 2 aromatic heterocycles. The average Bonchev–Trinajstić information content (AvgIpc) is 3.19. The summed E-state index contributed by atoms with van der Waals surface area (Å²) >= 11 is 1.48. The summed E-state index contributed by atoms with van der Waals surface area (Å²) in [5.41, 5.74) is 2.07. The third-order valence-corrected chi connectivity index (χ3v) is 4.62. The number of aryl methyl sites for hydroxylation is 1. The van der Waals surface area contributed by atoms with Gasteiger partial charge in [0.1, 0.15) is 5.76 Å². The van der Waals surface area contributed by atoms with Crippen LogP contribution in [0.25, 0.3) is 11.0 Å². The minimum absolute atomic E-state index is 0.0566. The number of fused-ring (bicyclic) bond motifs is 1. The molecular weight excluding hydrogens is 310 g/mol. The molecule has 1 aromatic carbocycles. The Morgan fingerprint density at radius 2 is 2.13 bits per heavy atom. The van der Waals surface area contributed by atoms with Crippen molar-refractivity contribution in [2.45, 2.75) is 25.2 Å². The van der Waals surface area contributed by atoms with Crippen molar-refractivity contribution in [3.63, 3.8) is 0 Å². The van der Waals surface area contributed by atoms with Gasteiger partial charge in [-0.3, -0.25) is 4.79 Å². The van der Waals surface area contributed by atoms with Crippen LogP contribution in [0.15, 0.2) is 52.2 Å². The van der Waals surface area contributed by atoms with Crippen LogP contribution in [0.5, 0.6) is 0 Å². The van der Waals surface area contributed by atoms with Crippen LogP contribution in [0.4, 0.5) is 0 Å². The van der Waals surface area contributed by atoms with Crippen LogP contribution in [0.3, 0.4) is 0 Å². The molecule has 0 spiro atoms. The molecule has 0 saturated carbocycles. The van der Waals surface area contributed by atoms with Gasteiger partial charge in [0.25, 0.3) is 0 Å². The van der Waals surface area contributed by atoms with Crippen molar-refractivity contribution in [1.29, 1.82) is 0 Å². The Bertz CT molecular complexity index is 795. The van der Waals surface area contributed by atoms with Gasteiger partial charge in [0, 0.05) is 13.6 Å². The molecule has 3 aromatic rings. The fourth-order valence-corrected chi connectivity index (χ4v) is 3.45. The highest BCUT2D eigenvalue weighted by molar-refractivity contribution is 7.99. The second-order valence-corrected chi connectivity index (χ2v) is 6.19. The predicted molar refractivity (Wildman–Crippen MR) is 91.3 cm³/mol. The molecular formula is C17H19N3O2S. The van der Waals surface area contributed by atoms with E-state index in [1.807, 2.05) is 30.3 Å². The summed E-state index contributed by atoms with van der Waals surface area (Å²) in [6.07, 6.45) is 1.62. The van der Waals surface area contributed by atoms with E-state index in [1.165, 1.54) is 11.8 Å². The molecule has 3 rings (SSSR count). The smallest absolute Gasteiger partial charge is 0.233 e. The van der Waals surface area contributed by atoms with E-state index in [1.54, 1.807) is 18.2 Å². The van der Waals surface area contributed by atoms with Crippen LogP contribution < -0.4 is 0 Å². The van der Waals surface area contributed by atoms with E-state index in [4.69, 9.17) is 4.42 Å². The van der Waals surface area contributed by atoms with Crippen molar-refractivity contribution in [3.8, 4) is 0 Å². The van der Waals surface area contributed by atoms with Crippen molar-refractivity contribution >= 4 is 28.7 Å². The van der Waals surface area contributed by atoms with Gasteiger partial charge < -0.3 is 13.9 Å². The van der Waals surface area contributed by atoms with Crippen molar-refractivity contribution < 1.29 is 9.21 Å². The molecule has 0 aliphatic heterocycles. The standard InChI is InChI=1S/C17H19N3O2S/c1-3-20-15-9-5-4-8-14(15)18-17(20)23-12-16(21)19(2)11-13-7-6-10-22-13/h4-10H,3,11-12H2,1-2H3. The Balaban J connectivity index is 1.67. The van der Waals surface area contributed by atoms with Crippen molar-refractivity contribution in [3.05, 3.63) is 48.4 Å². The first kappa shape index (κ1) is 15.7. The molecule has 2 heterocycles. The second-order valence-electron chi connectivity index (χ2n) is 5.25. The minimum Gasteiger partial charge on any atom is -0.467 e. The number of rotatable bonds is 6. The van der Waals surface area contributed by atoms with Crippen LogP contribution in [0.2, 0.25) is 0 Å². The van der Waals surface area contributed by atoms with Gasteiger partial charge in [-0.2, -0.15) is 0 Å². The molecule has 0 aliphatic carbocycles. The molecule has 1 amide bonds. The highest BCUT2D eigenvalue weighted by atomic mass is 32.2. The first-order chi connectivity index (χ1) is 11.2. The molecule has 0 radical (unpaired) electrons. The van der Waals surface area contributed by atoms with Crippen molar-refractivity contribution in [2.75, 3.05) is 12.8 Å². The monoisotopic (exact) mass is 329 g/mol. The lowest BCUT2D eigenvalue weighted by atomic mass is 10.3. The van der Waals surface area contributed by atoms with Crippen LogP contribution in [0.1, 0.15) is 12.7 Å². The van der Waals surface area contributed by atoms with Gasteiger partial charge >= 0.3 is 0 Å². The van der Waals surface area contributed by atoms with Crippen LogP contribution in [-0.4, -0.2) is 33.2 Å². The van der Waals surface area contributed by atoms with Crippen LogP contribution in [-0.2, 0) is 17.9 Å². The molecule has 23 heavy (non-hydrogen) atoms.